The average Bonchev–Trinajstić information content (AvgIpc) is 2.73. The summed E-state index contributed by atoms with van der Waals surface area (Å²) in [6.45, 7) is 3.47. The van der Waals surface area contributed by atoms with Crippen molar-refractivity contribution in [2.45, 2.75) is 38.8 Å². The first-order valence-corrected chi connectivity index (χ1v) is 9.26. The van der Waals surface area contributed by atoms with Crippen molar-refractivity contribution in [3.63, 3.8) is 0 Å². The second-order valence-electron chi connectivity index (χ2n) is 6.45. The molecular weight excluding hydrogens is 376 g/mol. The third-order valence-electron chi connectivity index (χ3n) is 4.36. The Morgan fingerprint density at radius 2 is 1.86 bits per heavy atom. The Balaban J connectivity index is 2.07. The van der Waals surface area contributed by atoms with Gasteiger partial charge in [-0.15, -0.1) is 0 Å². The summed E-state index contributed by atoms with van der Waals surface area (Å²) in [7, 11) is 1.30. The molecule has 2 unspecified atom stereocenters. The van der Waals surface area contributed by atoms with Gasteiger partial charge in [-0.3, -0.25) is 14.9 Å². The molecule has 0 aliphatic heterocycles. The summed E-state index contributed by atoms with van der Waals surface area (Å²) in [5.74, 6) is -1.24. The second-order valence-corrected chi connectivity index (χ2v) is 6.45. The quantitative estimate of drug-likeness (QED) is 0.390. The van der Waals surface area contributed by atoms with Crippen molar-refractivity contribution in [2.75, 3.05) is 7.11 Å². The molecule has 0 aromatic heterocycles. The molecule has 0 bridgehead atoms. The van der Waals surface area contributed by atoms with Crippen LogP contribution in [0.1, 0.15) is 48.7 Å². The molecular formula is C21H24N2O6. The van der Waals surface area contributed by atoms with Gasteiger partial charge in [-0.05, 0) is 31.0 Å². The number of ether oxygens (including phenoxy) is 2. The van der Waals surface area contributed by atoms with Crippen molar-refractivity contribution in [3.8, 4) is 5.75 Å². The molecule has 0 aliphatic rings. The minimum Gasteiger partial charge on any atom is -0.490 e. The van der Waals surface area contributed by atoms with E-state index in [2.05, 4.69) is 5.32 Å². The molecule has 8 heteroatoms. The van der Waals surface area contributed by atoms with E-state index in [0.29, 0.717) is 0 Å². The standard InChI is InChI=1S/C21H24N2O6/c1-4-8-17(15-9-6-5-7-10-15)22-20(24)14(2)29-21(25)16-11-12-19(28-3)18(13-16)23(26)27/h5-7,9-14,17H,4,8H2,1-3H3,(H,22,24). The van der Waals surface area contributed by atoms with E-state index in [4.69, 9.17) is 9.47 Å². The molecule has 0 aliphatic carbocycles. The Bertz CT molecular complexity index is 869. The number of nitrogens with one attached hydrogen (secondary N) is 1. The minimum absolute atomic E-state index is 0.0302. The number of hydrogen-bond acceptors (Lipinski definition) is 6. The van der Waals surface area contributed by atoms with Gasteiger partial charge in [0.1, 0.15) is 0 Å². The van der Waals surface area contributed by atoms with Gasteiger partial charge in [0.15, 0.2) is 11.9 Å². The van der Waals surface area contributed by atoms with Crippen molar-refractivity contribution in [1.82, 2.24) is 5.32 Å². The number of rotatable bonds is 9. The van der Waals surface area contributed by atoms with E-state index in [1.165, 1.54) is 26.2 Å². The topological polar surface area (TPSA) is 108 Å². The number of nitro benzene ring substituents is 1. The summed E-state index contributed by atoms with van der Waals surface area (Å²) in [4.78, 5) is 35.3. The highest BCUT2D eigenvalue weighted by molar-refractivity contribution is 5.93. The zero-order valence-corrected chi connectivity index (χ0v) is 16.6. The maximum Gasteiger partial charge on any atom is 0.339 e. The van der Waals surface area contributed by atoms with E-state index in [1.54, 1.807) is 0 Å². The molecule has 0 saturated heterocycles. The number of carbonyl (C=O) groups excluding carboxylic acids is 2. The van der Waals surface area contributed by atoms with Crippen molar-refractivity contribution < 1.29 is 24.0 Å². The summed E-state index contributed by atoms with van der Waals surface area (Å²) >= 11 is 0. The number of methoxy groups -OCH3 is 1. The lowest BCUT2D eigenvalue weighted by Gasteiger charge is -2.21. The fourth-order valence-electron chi connectivity index (χ4n) is 2.83. The number of nitro groups is 1. The first kappa shape index (κ1) is 21.9. The zero-order chi connectivity index (χ0) is 21.4. The van der Waals surface area contributed by atoms with Crippen molar-refractivity contribution in [3.05, 3.63) is 69.8 Å². The summed E-state index contributed by atoms with van der Waals surface area (Å²) in [5, 5.41) is 14.0. The number of esters is 1. The van der Waals surface area contributed by atoms with Gasteiger partial charge in [0.25, 0.3) is 5.91 Å². The molecule has 154 valence electrons. The van der Waals surface area contributed by atoms with E-state index in [-0.39, 0.29) is 23.0 Å². The average molecular weight is 400 g/mol. The maximum atomic E-state index is 12.5. The van der Waals surface area contributed by atoms with Gasteiger partial charge in [0.2, 0.25) is 0 Å². The number of nitrogens with zero attached hydrogens (tertiary/aromatic N) is 1. The van der Waals surface area contributed by atoms with Crippen LogP contribution >= 0.6 is 0 Å². The lowest BCUT2D eigenvalue weighted by Crippen LogP contribution is -2.38. The molecule has 0 saturated carbocycles. The summed E-state index contributed by atoms with van der Waals surface area (Å²) in [5.41, 5.74) is 0.573. The molecule has 29 heavy (non-hydrogen) atoms. The lowest BCUT2D eigenvalue weighted by molar-refractivity contribution is -0.385. The third-order valence-corrected chi connectivity index (χ3v) is 4.36. The van der Waals surface area contributed by atoms with Crippen LogP contribution in [0.25, 0.3) is 0 Å². The van der Waals surface area contributed by atoms with Gasteiger partial charge < -0.3 is 14.8 Å². The SMILES string of the molecule is CCCC(NC(=O)C(C)OC(=O)c1ccc(OC)c([N+](=O)[O-])c1)c1ccccc1. The van der Waals surface area contributed by atoms with E-state index in [9.17, 15) is 19.7 Å². The summed E-state index contributed by atoms with van der Waals surface area (Å²) in [6, 6.07) is 13.1. The van der Waals surface area contributed by atoms with Crippen LogP contribution in [0.5, 0.6) is 5.75 Å². The van der Waals surface area contributed by atoms with Gasteiger partial charge in [-0.1, -0.05) is 43.7 Å². The van der Waals surface area contributed by atoms with Gasteiger partial charge in [0, 0.05) is 6.07 Å². The highest BCUT2D eigenvalue weighted by Gasteiger charge is 2.24. The van der Waals surface area contributed by atoms with Gasteiger partial charge in [-0.2, -0.15) is 0 Å². The Kier molecular flexibility index (Phi) is 7.70. The molecule has 2 atom stereocenters. The number of hydrogen-bond donors (Lipinski definition) is 1. The molecule has 2 aromatic carbocycles. The summed E-state index contributed by atoms with van der Waals surface area (Å²) in [6.07, 6.45) is 0.539. The van der Waals surface area contributed by atoms with Crippen LogP contribution in [-0.4, -0.2) is 30.0 Å². The Labute approximate surface area is 169 Å². The van der Waals surface area contributed by atoms with E-state index in [1.807, 2.05) is 37.3 Å². The van der Waals surface area contributed by atoms with Crippen molar-refractivity contribution >= 4 is 17.6 Å². The van der Waals surface area contributed by atoms with Crippen LogP contribution in [0, 0.1) is 10.1 Å². The van der Waals surface area contributed by atoms with Crippen LogP contribution in [0.4, 0.5) is 5.69 Å². The largest absolute Gasteiger partial charge is 0.490 e. The van der Waals surface area contributed by atoms with E-state index in [0.717, 1.165) is 24.5 Å². The summed E-state index contributed by atoms with van der Waals surface area (Å²) < 4.78 is 10.1. The molecule has 2 aromatic rings. The molecule has 8 nitrogen and oxygen atoms in total. The molecule has 0 fully saturated rings. The fraction of sp³-hybridized carbons (Fsp3) is 0.333. The molecule has 0 spiro atoms. The number of benzene rings is 2. The van der Waals surface area contributed by atoms with E-state index >= 15 is 0 Å². The zero-order valence-electron chi connectivity index (χ0n) is 16.6. The Hall–Kier alpha value is -3.42. The van der Waals surface area contributed by atoms with Crippen LogP contribution in [0.15, 0.2) is 48.5 Å². The maximum absolute atomic E-state index is 12.5. The monoisotopic (exact) mass is 400 g/mol. The van der Waals surface area contributed by atoms with Crippen LogP contribution in [0.2, 0.25) is 0 Å². The predicted octanol–water partition coefficient (Wildman–Crippen LogP) is 3.81. The van der Waals surface area contributed by atoms with Gasteiger partial charge in [-0.25, -0.2) is 4.79 Å². The van der Waals surface area contributed by atoms with Crippen LogP contribution in [0.3, 0.4) is 0 Å². The highest BCUT2D eigenvalue weighted by atomic mass is 16.6. The van der Waals surface area contributed by atoms with Crippen molar-refractivity contribution in [1.29, 1.82) is 0 Å². The lowest BCUT2D eigenvalue weighted by atomic mass is 10.0. The Morgan fingerprint density at radius 1 is 1.17 bits per heavy atom. The highest BCUT2D eigenvalue weighted by Crippen LogP contribution is 2.28. The smallest absolute Gasteiger partial charge is 0.339 e. The molecule has 0 heterocycles. The van der Waals surface area contributed by atoms with Gasteiger partial charge >= 0.3 is 11.7 Å². The number of amides is 1. The Morgan fingerprint density at radius 3 is 2.45 bits per heavy atom. The first-order valence-electron chi connectivity index (χ1n) is 9.26. The van der Waals surface area contributed by atoms with E-state index < -0.39 is 22.9 Å². The minimum atomic E-state index is -1.06. The normalized spacial score (nSPS) is 12.5. The third kappa shape index (κ3) is 5.78. The molecule has 1 N–H and O–H groups in total. The second kappa shape index (κ2) is 10.2. The molecule has 2 rings (SSSR count). The fourth-order valence-corrected chi connectivity index (χ4v) is 2.83. The van der Waals surface area contributed by atoms with Crippen molar-refractivity contribution in [2.24, 2.45) is 0 Å². The predicted molar refractivity (Wildman–Crippen MR) is 107 cm³/mol. The number of carbonyl (C=O) groups is 2. The molecule has 1 amide bonds. The van der Waals surface area contributed by atoms with Gasteiger partial charge in [0.05, 0.1) is 23.6 Å². The van der Waals surface area contributed by atoms with Crippen LogP contribution in [-0.2, 0) is 9.53 Å². The first-order chi connectivity index (χ1) is 13.9. The van der Waals surface area contributed by atoms with Crippen LogP contribution < -0.4 is 10.1 Å². The molecule has 0 radical (unpaired) electrons.